The van der Waals surface area contributed by atoms with E-state index >= 15 is 0 Å². The Balaban J connectivity index is 2.33. The molecule has 0 radical (unpaired) electrons. The first kappa shape index (κ1) is 9.75. The third-order valence-corrected chi connectivity index (χ3v) is 2.36. The highest BCUT2D eigenvalue weighted by molar-refractivity contribution is 5.10. The van der Waals surface area contributed by atoms with Crippen molar-refractivity contribution in [3.8, 4) is 0 Å². The van der Waals surface area contributed by atoms with Crippen LogP contribution in [0.2, 0.25) is 0 Å². The van der Waals surface area contributed by atoms with E-state index in [-0.39, 0.29) is 5.54 Å². The second-order valence-electron chi connectivity index (χ2n) is 3.96. The average Bonchev–Trinajstić information content (AvgIpc) is 2.03. The molecule has 12 heavy (non-hydrogen) atoms. The van der Waals surface area contributed by atoms with Crippen molar-refractivity contribution in [1.82, 2.24) is 5.32 Å². The molecule has 0 spiro atoms. The summed E-state index contributed by atoms with van der Waals surface area (Å²) < 4.78 is 0. The Morgan fingerprint density at radius 1 is 1.67 bits per heavy atom. The molecule has 0 aromatic heterocycles. The molecule has 0 heterocycles. The molecule has 0 aliphatic heterocycles. The molecule has 2 heteroatoms. The third kappa shape index (κ3) is 2.95. The lowest BCUT2D eigenvalue weighted by atomic mass is 9.88. The summed E-state index contributed by atoms with van der Waals surface area (Å²) >= 11 is 0. The summed E-state index contributed by atoms with van der Waals surface area (Å²) in [7, 11) is 0. The number of rotatable bonds is 3. The fraction of sp³-hybridized carbons (Fsp3) is 0.800. The molecule has 0 unspecified atom stereocenters. The highest BCUT2D eigenvalue weighted by atomic mass is 14.9. The van der Waals surface area contributed by atoms with E-state index in [0.29, 0.717) is 6.04 Å². The van der Waals surface area contributed by atoms with Gasteiger partial charge in [0.1, 0.15) is 0 Å². The van der Waals surface area contributed by atoms with E-state index in [1.54, 1.807) is 0 Å². The molecule has 1 rings (SSSR count). The van der Waals surface area contributed by atoms with Gasteiger partial charge in [-0.1, -0.05) is 19.1 Å². The van der Waals surface area contributed by atoms with Crippen molar-refractivity contribution >= 4 is 0 Å². The van der Waals surface area contributed by atoms with Crippen LogP contribution in [-0.4, -0.2) is 18.1 Å². The fourth-order valence-electron chi connectivity index (χ4n) is 1.48. The molecule has 0 fully saturated rings. The maximum Gasteiger partial charge on any atom is 0.0311 e. The van der Waals surface area contributed by atoms with E-state index < -0.39 is 0 Å². The molecule has 0 amide bonds. The van der Waals surface area contributed by atoms with Crippen molar-refractivity contribution in [1.29, 1.82) is 0 Å². The van der Waals surface area contributed by atoms with Crippen molar-refractivity contribution in [2.24, 2.45) is 5.73 Å². The summed E-state index contributed by atoms with van der Waals surface area (Å²) in [5.74, 6) is 0. The first-order valence-electron chi connectivity index (χ1n) is 4.86. The monoisotopic (exact) mass is 168 g/mol. The number of hydrogen-bond acceptors (Lipinski definition) is 2. The largest absolute Gasteiger partial charge is 0.322 e. The van der Waals surface area contributed by atoms with E-state index in [1.807, 2.05) is 0 Å². The van der Waals surface area contributed by atoms with Crippen LogP contribution >= 0.6 is 0 Å². The Morgan fingerprint density at radius 3 is 2.92 bits per heavy atom. The lowest BCUT2D eigenvalue weighted by Gasteiger charge is -2.28. The van der Waals surface area contributed by atoms with Crippen molar-refractivity contribution in [2.75, 3.05) is 6.54 Å². The van der Waals surface area contributed by atoms with E-state index in [4.69, 9.17) is 5.73 Å². The van der Waals surface area contributed by atoms with Crippen molar-refractivity contribution in [3.63, 3.8) is 0 Å². The zero-order valence-corrected chi connectivity index (χ0v) is 8.14. The van der Waals surface area contributed by atoms with Crippen molar-refractivity contribution in [2.45, 2.75) is 44.7 Å². The van der Waals surface area contributed by atoms with Gasteiger partial charge in [-0.2, -0.15) is 0 Å². The SMILES string of the molecule is CCCN[C@@H]1C=C[C@@](C)(N)CC1. The Bertz CT molecular complexity index is 161. The Labute approximate surface area is 75.2 Å². The Morgan fingerprint density at radius 2 is 2.42 bits per heavy atom. The van der Waals surface area contributed by atoms with Gasteiger partial charge in [0.25, 0.3) is 0 Å². The van der Waals surface area contributed by atoms with E-state index in [2.05, 4.69) is 31.3 Å². The van der Waals surface area contributed by atoms with Crippen LogP contribution in [0, 0.1) is 0 Å². The smallest absolute Gasteiger partial charge is 0.0311 e. The Hall–Kier alpha value is -0.340. The summed E-state index contributed by atoms with van der Waals surface area (Å²) in [5.41, 5.74) is 5.89. The third-order valence-electron chi connectivity index (χ3n) is 2.36. The maximum atomic E-state index is 5.95. The minimum atomic E-state index is -0.0651. The van der Waals surface area contributed by atoms with Crippen LogP contribution in [0.15, 0.2) is 12.2 Å². The minimum Gasteiger partial charge on any atom is -0.322 e. The van der Waals surface area contributed by atoms with Gasteiger partial charge in [0.15, 0.2) is 0 Å². The van der Waals surface area contributed by atoms with Gasteiger partial charge in [-0.05, 0) is 32.7 Å². The van der Waals surface area contributed by atoms with Gasteiger partial charge in [-0.3, -0.25) is 0 Å². The summed E-state index contributed by atoms with van der Waals surface area (Å²) in [4.78, 5) is 0. The minimum absolute atomic E-state index is 0.0651. The molecule has 0 saturated carbocycles. The predicted octanol–water partition coefficient (Wildman–Crippen LogP) is 1.42. The van der Waals surface area contributed by atoms with Gasteiger partial charge < -0.3 is 11.1 Å². The fourth-order valence-corrected chi connectivity index (χ4v) is 1.48. The molecule has 2 nitrogen and oxygen atoms in total. The lowest BCUT2D eigenvalue weighted by molar-refractivity contribution is 0.428. The van der Waals surface area contributed by atoms with Crippen molar-refractivity contribution < 1.29 is 0 Å². The second-order valence-corrected chi connectivity index (χ2v) is 3.96. The van der Waals surface area contributed by atoms with Crippen LogP contribution in [0.5, 0.6) is 0 Å². The van der Waals surface area contributed by atoms with E-state index in [9.17, 15) is 0 Å². The topological polar surface area (TPSA) is 38.0 Å². The van der Waals surface area contributed by atoms with Gasteiger partial charge in [0.05, 0.1) is 0 Å². The van der Waals surface area contributed by atoms with Gasteiger partial charge in [-0.15, -0.1) is 0 Å². The first-order chi connectivity index (χ1) is 5.64. The second kappa shape index (κ2) is 4.06. The first-order valence-corrected chi connectivity index (χ1v) is 4.86. The summed E-state index contributed by atoms with van der Waals surface area (Å²) in [6, 6.07) is 0.557. The van der Waals surface area contributed by atoms with Gasteiger partial charge in [0.2, 0.25) is 0 Å². The highest BCUT2D eigenvalue weighted by Crippen LogP contribution is 2.18. The molecule has 1 aliphatic carbocycles. The molecular weight excluding hydrogens is 148 g/mol. The van der Waals surface area contributed by atoms with Crippen LogP contribution < -0.4 is 11.1 Å². The van der Waals surface area contributed by atoms with E-state index in [1.165, 1.54) is 12.8 Å². The van der Waals surface area contributed by atoms with Gasteiger partial charge in [0, 0.05) is 11.6 Å². The van der Waals surface area contributed by atoms with Crippen LogP contribution in [0.1, 0.15) is 33.1 Å². The quantitative estimate of drug-likeness (QED) is 0.625. The molecule has 0 aromatic carbocycles. The maximum absolute atomic E-state index is 5.95. The molecule has 0 saturated heterocycles. The predicted molar refractivity (Wildman–Crippen MR) is 53.0 cm³/mol. The van der Waals surface area contributed by atoms with Crippen LogP contribution in [-0.2, 0) is 0 Å². The van der Waals surface area contributed by atoms with Crippen LogP contribution in [0.25, 0.3) is 0 Å². The molecule has 2 atom stereocenters. The van der Waals surface area contributed by atoms with E-state index in [0.717, 1.165) is 13.0 Å². The zero-order chi connectivity index (χ0) is 9.03. The van der Waals surface area contributed by atoms with Crippen LogP contribution in [0.3, 0.4) is 0 Å². The van der Waals surface area contributed by atoms with Crippen LogP contribution in [0.4, 0.5) is 0 Å². The number of hydrogen-bond donors (Lipinski definition) is 2. The number of nitrogens with two attached hydrogens (primary N) is 1. The standard InChI is InChI=1S/C10H20N2/c1-3-8-12-9-4-6-10(2,11)7-5-9/h4,6,9,12H,3,5,7-8,11H2,1-2H3/t9-,10-/m1/s1. The Kier molecular flexibility index (Phi) is 3.29. The normalized spacial score (nSPS) is 35.4. The lowest BCUT2D eigenvalue weighted by Crippen LogP contribution is -2.41. The average molecular weight is 168 g/mol. The summed E-state index contributed by atoms with van der Waals surface area (Å²) in [6.07, 6.45) is 7.79. The molecule has 3 N–H and O–H groups in total. The molecular formula is C10H20N2. The highest BCUT2D eigenvalue weighted by Gasteiger charge is 2.20. The zero-order valence-electron chi connectivity index (χ0n) is 8.14. The number of nitrogens with one attached hydrogen (secondary N) is 1. The molecule has 0 bridgehead atoms. The summed E-state index contributed by atoms with van der Waals surface area (Å²) in [6.45, 7) is 5.38. The molecule has 0 aromatic rings. The molecule has 1 aliphatic rings. The van der Waals surface area contributed by atoms with Gasteiger partial charge in [-0.25, -0.2) is 0 Å². The van der Waals surface area contributed by atoms with Crippen molar-refractivity contribution in [3.05, 3.63) is 12.2 Å². The van der Waals surface area contributed by atoms with Gasteiger partial charge >= 0.3 is 0 Å². The molecule has 70 valence electrons. The summed E-state index contributed by atoms with van der Waals surface area (Å²) in [5, 5.41) is 3.47.